The number of carboxylic acid groups (broad SMARTS) is 1. The Morgan fingerprint density at radius 3 is 2.70 bits per heavy atom. The first kappa shape index (κ1) is 13.2. The minimum atomic E-state index is -0.768. The molecule has 5 heteroatoms. The molecule has 5 nitrogen and oxygen atoms in total. The number of hydrogen-bond donors (Lipinski definition) is 3. The van der Waals surface area contributed by atoms with Crippen molar-refractivity contribution < 1.29 is 15.0 Å². The van der Waals surface area contributed by atoms with Crippen LogP contribution in [0.1, 0.15) is 30.9 Å². The largest absolute Gasteiger partial charge is 0.508 e. The van der Waals surface area contributed by atoms with Gasteiger partial charge in [-0.05, 0) is 37.5 Å². The van der Waals surface area contributed by atoms with Crippen LogP contribution in [0.4, 0.5) is 5.69 Å². The lowest BCUT2D eigenvalue weighted by Crippen LogP contribution is -2.19. The molecule has 0 aromatic heterocycles. The van der Waals surface area contributed by atoms with E-state index < -0.39 is 5.97 Å². The molecule has 0 aliphatic carbocycles. The molecule has 1 aromatic rings. The molecule has 3 N–H and O–H groups in total. The molecule has 0 saturated carbocycles. The minimum absolute atomic E-state index is 0.0707. The molecule has 3 rings (SSSR count). The Balaban J connectivity index is 1.82. The number of benzene rings is 1. The number of hydrogen-bond acceptors (Lipinski definition) is 4. The van der Waals surface area contributed by atoms with Crippen molar-refractivity contribution in [1.29, 1.82) is 0 Å². The predicted octanol–water partition coefficient (Wildman–Crippen LogP) is 1.73. The van der Waals surface area contributed by atoms with Gasteiger partial charge < -0.3 is 20.4 Å². The predicted molar refractivity (Wildman–Crippen MR) is 76.0 cm³/mol. The quantitative estimate of drug-likeness (QED) is 0.784. The molecule has 108 valence electrons. The average molecular weight is 276 g/mol. The molecule has 2 saturated heterocycles. The smallest absolute Gasteiger partial charge is 0.307 e. The highest BCUT2D eigenvalue weighted by atomic mass is 16.4. The lowest BCUT2D eigenvalue weighted by molar-refractivity contribution is -0.141. The maximum absolute atomic E-state index is 11.0. The van der Waals surface area contributed by atoms with E-state index in [1.54, 1.807) is 6.07 Å². The van der Waals surface area contributed by atoms with E-state index in [9.17, 15) is 9.90 Å². The topological polar surface area (TPSA) is 72.8 Å². The number of carbonyl (C=O) groups is 1. The van der Waals surface area contributed by atoms with Gasteiger partial charge in [-0.3, -0.25) is 4.79 Å². The van der Waals surface area contributed by atoms with Crippen LogP contribution < -0.4 is 10.2 Å². The van der Waals surface area contributed by atoms with Gasteiger partial charge >= 0.3 is 5.97 Å². The summed E-state index contributed by atoms with van der Waals surface area (Å²) in [4.78, 5) is 13.3. The maximum Gasteiger partial charge on any atom is 0.307 e. The number of nitrogens with zero attached hydrogens (tertiary/aromatic N) is 1. The molecule has 2 aliphatic rings. The van der Waals surface area contributed by atoms with Gasteiger partial charge in [-0.1, -0.05) is 0 Å². The molecule has 2 atom stereocenters. The van der Waals surface area contributed by atoms with Crippen LogP contribution >= 0.6 is 0 Å². The van der Waals surface area contributed by atoms with Gasteiger partial charge in [-0.25, -0.2) is 0 Å². The number of phenols is 1. The fraction of sp³-hybridized carbons (Fsp3) is 0.533. The zero-order valence-electron chi connectivity index (χ0n) is 11.4. The van der Waals surface area contributed by atoms with E-state index in [1.807, 2.05) is 12.1 Å². The Kier molecular flexibility index (Phi) is 3.53. The summed E-state index contributed by atoms with van der Waals surface area (Å²) in [6, 6.07) is 5.59. The van der Waals surface area contributed by atoms with Gasteiger partial charge in [0.1, 0.15) is 5.75 Å². The maximum atomic E-state index is 11.0. The number of aliphatic carboxylic acids is 1. The molecule has 1 aromatic carbocycles. The number of aromatic hydroxyl groups is 1. The highest BCUT2D eigenvalue weighted by Gasteiger charge is 2.31. The minimum Gasteiger partial charge on any atom is -0.508 e. The van der Waals surface area contributed by atoms with Gasteiger partial charge in [0.25, 0.3) is 0 Å². The first-order valence-corrected chi connectivity index (χ1v) is 7.19. The normalized spacial score (nSPS) is 26.1. The summed E-state index contributed by atoms with van der Waals surface area (Å²) in [5, 5.41) is 22.3. The van der Waals surface area contributed by atoms with Crippen molar-refractivity contribution in [2.45, 2.75) is 25.3 Å². The first-order chi connectivity index (χ1) is 9.65. The SMILES string of the molecule is O=C(O)C1CNC(c2cc(N3CCCC3)ccc2O)C1. The summed E-state index contributed by atoms with van der Waals surface area (Å²) in [5.41, 5.74) is 1.94. The van der Waals surface area contributed by atoms with E-state index in [4.69, 9.17) is 5.11 Å². The highest BCUT2D eigenvalue weighted by molar-refractivity contribution is 5.71. The second-order valence-electron chi connectivity index (χ2n) is 5.67. The summed E-state index contributed by atoms with van der Waals surface area (Å²) in [6.07, 6.45) is 2.95. The lowest BCUT2D eigenvalue weighted by atomic mass is 9.99. The number of carboxylic acids is 1. The molecule has 2 aliphatic heterocycles. The Bertz CT molecular complexity index is 512. The number of rotatable bonds is 3. The van der Waals surface area contributed by atoms with Crippen molar-refractivity contribution in [2.24, 2.45) is 5.92 Å². The van der Waals surface area contributed by atoms with Crippen LogP contribution in [0.15, 0.2) is 18.2 Å². The van der Waals surface area contributed by atoms with Crippen LogP contribution in [0, 0.1) is 5.92 Å². The van der Waals surface area contributed by atoms with Crippen LogP contribution in [0.25, 0.3) is 0 Å². The fourth-order valence-corrected chi connectivity index (χ4v) is 3.15. The molecule has 2 fully saturated rings. The Morgan fingerprint density at radius 2 is 2.05 bits per heavy atom. The Hall–Kier alpha value is -1.75. The molecule has 0 radical (unpaired) electrons. The van der Waals surface area contributed by atoms with Crippen molar-refractivity contribution in [3.05, 3.63) is 23.8 Å². The molecular formula is C15H20N2O3. The van der Waals surface area contributed by atoms with Gasteiger partial charge in [0.05, 0.1) is 5.92 Å². The number of nitrogens with one attached hydrogen (secondary N) is 1. The van der Waals surface area contributed by atoms with Crippen molar-refractivity contribution in [2.75, 3.05) is 24.5 Å². The molecule has 2 unspecified atom stereocenters. The van der Waals surface area contributed by atoms with Crippen LogP contribution in [0.3, 0.4) is 0 Å². The van der Waals surface area contributed by atoms with Crippen LogP contribution in [-0.2, 0) is 4.79 Å². The molecule has 0 amide bonds. The third-order valence-electron chi connectivity index (χ3n) is 4.34. The molecule has 0 bridgehead atoms. The van der Waals surface area contributed by atoms with E-state index in [-0.39, 0.29) is 17.7 Å². The summed E-state index contributed by atoms with van der Waals surface area (Å²) in [6.45, 7) is 2.58. The van der Waals surface area contributed by atoms with E-state index in [2.05, 4.69) is 10.2 Å². The van der Waals surface area contributed by atoms with E-state index in [0.717, 1.165) is 24.3 Å². The zero-order valence-corrected chi connectivity index (χ0v) is 11.4. The van der Waals surface area contributed by atoms with Crippen LogP contribution in [0.5, 0.6) is 5.75 Å². The molecular weight excluding hydrogens is 256 g/mol. The Labute approximate surface area is 118 Å². The van der Waals surface area contributed by atoms with Crippen LogP contribution in [-0.4, -0.2) is 35.8 Å². The van der Waals surface area contributed by atoms with Gasteiger partial charge in [0, 0.05) is 36.9 Å². The molecule has 0 spiro atoms. The van der Waals surface area contributed by atoms with Crippen molar-refractivity contribution in [1.82, 2.24) is 5.32 Å². The second-order valence-corrected chi connectivity index (χ2v) is 5.67. The van der Waals surface area contributed by atoms with Crippen LogP contribution in [0.2, 0.25) is 0 Å². The third kappa shape index (κ3) is 2.45. The highest BCUT2D eigenvalue weighted by Crippen LogP contribution is 2.35. The monoisotopic (exact) mass is 276 g/mol. The van der Waals surface area contributed by atoms with Crippen molar-refractivity contribution >= 4 is 11.7 Å². The standard InChI is InChI=1S/C15H20N2O3/c18-14-4-3-11(17-5-1-2-6-17)8-12(14)13-7-10(9-16-13)15(19)20/h3-4,8,10,13,16,18H,1-2,5-7,9H2,(H,19,20). The van der Waals surface area contributed by atoms with Gasteiger partial charge in [0.2, 0.25) is 0 Å². The van der Waals surface area contributed by atoms with E-state index in [1.165, 1.54) is 12.8 Å². The summed E-state index contributed by atoms with van der Waals surface area (Å²) in [5.74, 6) is -0.887. The zero-order chi connectivity index (χ0) is 14.1. The average Bonchev–Trinajstić information content (AvgIpc) is 3.10. The lowest BCUT2D eigenvalue weighted by Gasteiger charge is -2.21. The van der Waals surface area contributed by atoms with Gasteiger partial charge in [-0.15, -0.1) is 0 Å². The second kappa shape index (κ2) is 5.32. The first-order valence-electron chi connectivity index (χ1n) is 7.19. The molecule has 20 heavy (non-hydrogen) atoms. The number of anilines is 1. The Morgan fingerprint density at radius 1 is 1.30 bits per heavy atom. The van der Waals surface area contributed by atoms with Crippen molar-refractivity contribution in [3.8, 4) is 5.75 Å². The van der Waals surface area contributed by atoms with Gasteiger partial charge in [-0.2, -0.15) is 0 Å². The molecule has 2 heterocycles. The van der Waals surface area contributed by atoms with Crippen molar-refractivity contribution in [3.63, 3.8) is 0 Å². The van der Waals surface area contributed by atoms with E-state index in [0.29, 0.717) is 13.0 Å². The summed E-state index contributed by atoms with van der Waals surface area (Å²) in [7, 11) is 0. The van der Waals surface area contributed by atoms with E-state index >= 15 is 0 Å². The fourth-order valence-electron chi connectivity index (χ4n) is 3.15. The number of phenolic OH excluding ortho intramolecular Hbond substituents is 1. The summed E-state index contributed by atoms with van der Waals surface area (Å²) >= 11 is 0. The third-order valence-corrected chi connectivity index (χ3v) is 4.34. The summed E-state index contributed by atoms with van der Waals surface area (Å²) < 4.78 is 0. The van der Waals surface area contributed by atoms with Gasteiger partial charge in [0.15, 0.2) is 0 Å².